The van der Waals surface area contributed by atoms with Crippen molar-refractivity contribution < 1.29 is 9.50 Å². The van der Waals surface area contributed by atoms with Gasteiger partial charge in [-0.25, -0.2) is 4.39 Å². The summed E-state index contributed by atoms with van der Waals surface area (Å²) in [5, 5.41) is 16.9. The van der Waals surface area contributed by atoms with Crippen molar-refractivity contribution in [1.82, 2.24) is 10.6 Å². The van der Waals surface area contributed by atoms with Crippen LogP contribution in [0.1, 0.15) is 44.6 Å². The summed E-state index contributed by atoms with van der Waals surface area (Å²) < 4.78 is 13.6. The summed E-state index contributed by atoms with van der Waals surface area (Å²) in [5.74, 6) is 0.510. The van der Waals surface area contributed by atoms with Crippen LogP contribution >= 0.6 is 0 Å². The number of aliphatic imine (C=N–C) groups is 1. The van der Waals surface area contributed by atoms with Gasteiger partial charge in [-0.1, -0.05) is 37.5 Å². The van der Waals surface area contributed by atoms with E-state index in [0.717, 1.165) is 32.2 Å². The van der Waals surface area contributed by atoms with Crippen molar-refractivity contribution in [3.05, 3.63) is 35.6 Å². The molecule has 23 heavy (non-hydrogen) atoms. The minimum absolute atomic E-state index is 0.173. The molecule has 3 N–H and O–H groups in total. The second-order valence-corrected chi connectivity index (χ2v) is 6.25. The van der Waals surface area contributed by atoms with Crippen molar-refractivity contribution in [1.29, 1.82) is 0 Å². The molecule has 5 heteroatoms. The summed E-state index contributed by atoms with van der Waals surface area (Å²) in [4.78, 5) is 4.51. The van der Waals surface area contributed by atoms with Gasteiger partial charge in [-0.05, 0) is 37.8 Å². The third-order valence-corrected chi connectivity index (χ3v) is 4.30. The minimum atomic E-state index is -0.661. The molecule has 0 spiro atoms. The van der Waals surface area contributed by atoms with E-state index in [1.165, 1.54) is 12.5 Å². The Balaban J connectivity index is 1.85. The molecule has 1 aromatic carbocycles. The molecule has 0 atom stereocenters. The maximum atomic E-state index is 13.6. The average Bonchev–Trinajstić information content (AvgIpc) is 2.55. The van der Waals surface area contributed by atoms with Crippen LogP contribution in [0.15, 0.2) is 29.3 Å². The Morgan fingerprint density at radius 1 is 1.22 bits per heavy atom. The molecule has 1 aliphatic carbocycles. The molecule has 0 radical (unpaired) electrons. The first-order valence-electron chi connectivity index (χ1n) is 8.61. The summed E-state index contributed by atoms with van der Waals surface area (Å²) >= 11 is 0. The van der Waals surface area contributed by atoms with E-state index in [1.807, 2.05) is 13.0 Å². The number of nitrogens with zero attached hydrogens (tertiary/aromatic N) is 1. The Hall–Kier alpha value is -1.62. The monoisotopic (exact) mass is 321 g/mol. The van der Waals surface area contributed by atoms with Gasteiger partial charge in [0.1, 0.15) is 5.82 Å². The number of rotatable bonds is 6. The van der Waals surface area contributed by atoms with Crippen molar-refractivity contribution in [3.63, 3.8) is 0 Å². The van der Waals surface area contributed by atoms with Gasteiger partial charge in [0.25, 0.3) is 0 Å². The van der Waals surface area contributed by atoms with Crippen LogP contribution < -0.4 is 10.6 Å². The Labute approximate surface area is 138 Å². The average molecular weight is 321 g/mol. The highest BCUT2D eigenvalue weighted by molar-refractivity contribution is 5.79. The van der Waals surface area contributed by atoms with Gasteiger partial charge in [-0.2, -0.15) is 0 Å². The van der Waals surface area contributed by atoms with Crippen LogP contribution in [-0.2, 0) is 6.42 Å². The normalized spacial score (nSPS) is 17.8. The fraction of sp³-hybridized carbons (Fsp3) is 0.611. The van der Waals surface area contributed by atoms with Gasteiger partial charge in [0, 0.05) is 13.1 Å². The van der Waals surface area contributed by atoms with Crippen molar-refractivity contribution >= 4 is 5.96 Å². The fourth-order valence-electron chi connectivity index (χ4n) is 2.95. The van der Waals surface area contributed by atoms with E-state index >= 15 is 0 Å². The Kier molecular flexibility index (Phi) is 6.84. The van der Waals surface area contributed by atoms with E-state index in [1.54, 1.807) is 12.1 Å². The second-order valence-electron chi connectivity index (χ2n) is 6.25. The SMILES string of the molecule is CCNC(=NCC1(O)CCCCC1)NCCc1ccccc1F. The van der Waals surface area contributed by atoms with Gasteiger partial charge in [0.15, 0.2) is 5.96 Å². The van der Waals surface area contributed by atoms with Crippen LogP contribution in [0.3, 0.4) is 0 Å². The topological polar surface area (TPSA) is 56.7 Å². The number of nitrogens with one attached hydrogen (secondary N) is 2. The Morgan fingerprint density at radius 3 is 2.65 bits per heavy atom. The zero-order valence-electron chi connectivity index (χ0n) is 13.9. The summed E-state index contributed by atoms with van der Waals surface area (Å²) in [7, 11) is 0. The number of benzene rings is 1. The summed E-state index contributed by atoms with van der Waals surface area (Å²) in [6.07, 6.45) is 5.59. The molecular weight excluding hydrogens is 293 g/mol. The van der Waals surface area contributed by atoms with Crippen molar-refractivity contribution in [2.24, 2.45) is 4.99 Å². The lowest BCUT2D eigenvalue weighted by molar-refractivity contribution is 0.0131. The quantitative estimate of drug-likeness (QED) is 0.558. The first-order valence-corrected chi connectivity index (χ1v) is 8.61. The smallest absolute Gasteiger partial charge is 0.191 e. The number of hydrogen-bond donors (Lipinski definition) is 3. The maximum Gasteiger partial charge on any atom is 0.191 e. The first kappa shape index (κ1) is 17.7. The van der Waals surface area contributed by atoms with E-state index in [9.17, 15) is 9.50 Å². The fourth-order valence-corrected chi connectivity index (χ4v) is 2.95. The highest BCUT2D eigenvalue weighted by Crippen LogP contribution is 2.28. The highest BCUT2D eigenvalue weighted by atomic mass is 19.1. The van der Waals surface area contributed by atoms with Crippen molar-refractivity contribution in [2.45, 2.75) is 51.0 Å². The lowest BCUT2D eigenvalue weighted by Gasteiger charge is -2.30. The highest BCUT2D eigenvalue weighted by Gasteiger charge is 2.28. The molecule has 0 saturated heterocycles. The minimum Gasteiger partial charge on any atom is -0.388 e. The van der Waals surface area contributed by atoms with Gasteiger partial charge >= 0.3 is 0 Å². The van der Waals surface area contributed by atoms with E-state index in [2.05, 4.69) is 15.6 Å². The van der Waals surface area contributed by atoms with Gasteiger partial charge in [-0.3, -0.25) is 4.99 Å². The molecule has 1 aliphatic rings. The predicted octanol–water partition coefficient (Wildman–Crippen LogP) is 2.62. The van der Waals surface area contributed by atoms with E-state index < -0.39 is 5.60 Å². The molecule has 0 heterocycles. The van der Waals surface area contributed by atoms with E-state index in [0.29, 0.717) is 31.0 Å². The molecule has 0 bridgehead atoms. The van der Waals surface area contributed by atoms with E-state index in [4.69, 9.17) is 0 Å². The molecule has 1 saturated carbocycles. The lowest BCUT2D eigenvalue weighted by Crippen LogP contribution is -2.41. The maximum absolute atomic E-state index is 13.6. The largest absolute Gasteiger partial charge is 0.388 e. The molecular formula is C18H28FN3O. The molecule has 0 unspecified atom stereocenters. The molecule has 1 fully saturated rings. The Morgan fingerprint density at radius 2 is 1.96 bits per heavy atom. The van der Waals surface area contributed by atoms with Crippen LogP contribution in [-0.4, -0.2) is 36.3 Å². The van der Waals surface area contributed by atoms with Crippen molar-refractivity contribution in [2.75, 3.05) is 19.6 Å². The Bertz CT molecular complexity index is 513. The third-order valence-electron chi connectivity index (χ3n) is 4.30. The molecule has 0 aromatic heterocycles. The molecule has 4 nitrogen and oxygen atoms in total. The number of guanidine groups is 1. The zero-order chi connectivity index (χ0) is 16.5. The summed E-state index contributed by atoms with van der Waals surface area (Å²) in [6.45, 7) is 3.78. The van der Waals surface area contributed by atoms with Gasteiger partial charge in [0.05, 0.1) is 12.1 Å². The molecule has 0 amide bonds. The van der Waals surface area contributed by atoms with Gasteiger partial charge in [-0.15, -0.1) is 0 Å². The number of hydrogen-bond acceptors (Lipinski definition) is 2. The number of aliphatic hydroxyl groups is 1. The van der Waals surface area contributed by atoms with Crippen LogP contribution in [0.25, 0.3) is 0 Å². The first-order chi connectivity index (χ1) is 11.1. The number of halogens is 1. The predicted molar refractivity (Wildman–Crippen MR) is 92.1 cm³/mol. The zero-order valence-corrected chi connectivity index (χ0v) is 13.9. The molecule has 1 aromatic rings. The van der Waals surface area contributed by atoms with Crippen LogP contribution in [0.5, 0.6) is 0 Å². The summed E-state index contributed by atoms with van der Waals surface area (Å²) in [5.41, 5.74) is 0.0355. The molecule has 128 valence electrons. The van der Waals surface area contributed by atoms with Gasteiger partial charge in [0.2, 0.25) is 0 Å². The van der Waals surface area contributed by atoms with Crippen molar-refractivity contribution in [3.8, 4) is 0 Å². The van der Waals surface area contributed by atoms with Crippen LogP contribution in [0.2, 0.25) is 0 Å². The van der Waals surface area contributed by atoms with Crippen LogP contribution in [0.4, 0.5) is 4.39 Å². The lowest BCUT2D eigenvalue weighted by atomic mass is 9.85. The van der Waals surface area contributed by atoms with Gasteiger partial charge < -0.3 is 15.7 Å². The van der Waals surface area contributed by atoms with Crippen LogP contribution in [0, 0.1) is 5.82 Å². The molecule has 0 aliphatic heterocycles. The second kappa shape index (κ2) is 8.87. The summed E-state index contributed by atoms with van der Waals surface area (Å²) in [6, 6.07) is 6.82. The standard InChI is InChI=1S/C18H28FN3O/c1-2-20-17(22-14-18(23)11-6-3-7-12-18)21-13-10-15-8-4-5-9-16(15)19/h4-5,8-9,23H,2-3,6-7,10-14H2,1H3,(H2,20,21,22). The third kappa shape index (κ3) is 5.82. The van der Waals surface area contributed by atoms with E-state index in [-0.39, 0.29) is 5.82 Å². The molecule has 2 rings (SSSR count).